The van der Waals surface area contributed by atoms with Gasteiger partial charge in [0.25, 0.3) is 5.91 Å². The van der Waals surface area contributed by atoms with Gasteiger partial charge >= 0.3 is 0 Å². The van der Waals surface area contributed by atoms with E-state index in [1.54, 1.807) is 18.0 Å². The van der Waals surface area contributed by atoms with Crippen LogP contribution in [-0.2, 0) is 0 Å². The van der Waals surface area contributed by atoms with Crippen LogP contribution in [-0.4, -0.2) is 30.9 Å². The second-order valence-corrected chi connectivity index (χ2v) is 5.36. The summed E-state index contributed by atoms with van der Waals surface area (Å²) >= 11 is 0. The predicted molar refractivity (Wildman–Crippen MR) is 68.0 cm³/mol. The summed E-state index contributed by atoms with van der Waals surface area (Å²) in [5, 5.41) is 0. The molecule has 0 saturated heterocycles. The Morgan fingerprint density at radius 1 is 1.47 bits per heavy atom. The summed E-state index contributed by atoms with van der Waals surface area (Å²) in [6, 6.07) is 1.78. The lowest BCUT2D eigenvalue weighted by Gasteiger charge is -2.28. The molecular weight excluding hydrogens is 216 g/mol. The minimum Gasteiger partial charge on any atom is -0.466 e. The largest absolute Gasteiger partial charge is 0.466 e. The van der Waals surface area contributed by atoms with Gasteiger partial charge in [-0.2, -0.15) is 0 Å². The monoisotopic (exact) mass is 238 g/mol. The normalized spacial score (nSPS) is 11.6. The molecule has 0 unspecified atom stereocenters. The summed E-state index contributed by atoms with van der Waals surface area (Å²) in [6.07, 6.45) is 0. The number of carbonyl (C=O) groups is 1. The van der Waals surface area contributed by atoms with E-state index in [2.05, 4.69) is 0 Å². The zero-order valence-electron chi connectivity index (χ0n) is 11.3. The summed E-state index contributed by atoms with van der Waals surface area (Å²) in [5.41, 5.74) is 6.24. The first kappa shape index (κ1) is 13.8. The molecule has 96 valence electrons. The summed E-state index contributed by atoms with van der Waals surface area (Å²) in [7, 11) is 1.79. The van der Waals surface area contributed by atoms with E-state index in [1.165, 1.54) is 0 Å². The Morgan fingerprint density at radius 2 is 2.06 bits per heavy atom. The molecule has 2 N–H and O–H groups in total. The molecular formula is C13H22N2O2. The highest BCUT2D eigenvalue weighted by Crippen LogP contribution is 2.19. The Balaban J connectivity index is 2.80. The van der Waals surface area contributed by atoms with E-state index in [-0.39, 0.29) is 11.3 Å². The van der Waals surface area contributed by atoms with Crippen molar-refractivity contribution >= 4 is 5.91 Å². The third-order valence-corrected chi connectivity index (χ3v) is 2.84. The molecule has 0 bridgehead atoms. The van der Waals surface area contributed by atoms with Crippen molar-refractivity contribution in [3.63, 3.8) is 0 Å². The number of amides is 1. The van der Waals surface area contributed by atoms with E-state index < -0.39 is 0 Å². The van der Waals surface area contributed by atoms with Crippen LogP contribution in [0.15, 0.2) is 10.5 Å². The van der Waals surface area contributed by atoms with Crippen molar-refractivity contribution in [1.82, 2.24) is 4.90 Å². The van der Waals surface area contributed by atoms with Gasteiger partial charge in [0.15, 0.2) is 0 Å². The molecule has 4 heteroatoms. The van der Waals surface area contributed by atoms with Gasteiger partial charge in [-0.05, 0) is 31.9 Å². The summed E-state index contributed by atoms with van der Waals surface area (Å²) < 4.78 is 5.37. The van der Waals surface area contributed by atoms with Crippen LogP contribution in [0.25, 0.3) is 0 Å². The fourth-order valence-electron chi connectivity index (χ4n) is 1.83. The number of carbonyl (C=O) groups excluding carboxylic acids is 1. The molecule has 1 aromatic rings. The Kier molecular flexibility index (Phi) is 3.98. The minimum atomic E-state index is -0.0723. The van der Waals surface area contributed by atoms with Gasteiger partial charge in [-0.3, -0.25) is 4.79 Å². The first-order valence-electron chi connectivity index (χ1n) is 5.79. The van der Waals surface area contributed by atoms with Crippen LogP contribution in [0.3, 0.4) is 0 Å². The molecule has 0 spiro atoms. The molecule has 0 saturated carbocycles. The van der Waals surface area contributed by atoms with E-state index in [4.69, 9.17) is 10.2 Å². The van der Waals surface area contributed by atoms with Gasteiger partial charge in [-0.15, -0.1) is 0 Å². The SMILES string of the molecule is Cc1cc(C(=O)N(C)CC(C)(C)CN)c(C)o1. The Bertz CT molecular complexity index is 408. The summed E-state index contributed by atoms with van der Waals surface area (Å²) in [5.74, 6) is 1.42. The van der Waals surface area contributed by atoms with Gasteiger partial charge in [0.05, 0.1) is 5.56 Å². The van der Waals surface area contributed by atoms with Crippen molar-refractivity contribution in [3.05, 3.63) is 23.2 Å². The van der Waals surface area contributed by atoms with Crippen LogP contribution in [0, 0.1) is 19.3 Å². The Hall–Kier alpha value is -1.29. The summed E-state index contributed by atoms with van der Waals surface area (Å²) in [6.45, 7) is 8.92. The molecule has 1 aromatic heterocycles. The van der Waals surface area contributed by atoms with E-state index in [9.17, 15) is 4.79 Å². The van der Waals surface area contributed by atoms with Crippen molar-refractivity contribution in [2.24, 2.45) is 11.1 Å². The van der Waals surface area contributed by atoms with Crippen LogP contribution >= 0.6 is 0 Å². The molecule has 0 aliphatic heterocycles. The van der Waals surface area contributed by atoms with Gasteiger partial charge in [-0.25, -0.2) is 0 Å². The lowest BCUT2D eigenvalue weighted by atomic mass is 9.93. The van der Waals surface area contributed by atoms with Gasteiger partial charge in [0.2, 0.25) is 0 Å². The van der Waals surface area contributed by atoms with Crippen molar-refractivity contribution in [2.45, 2.75) is 27.7 Å². The average molecular weight is 238 g/mol. The number of rotatable bonds is 4. The zero-order chi connectivity index (χ0) is 13.2. The first-order valence-corrected chi connectivity index (χ1v) is 5.79. The molecule has 1 rings (SSSR count). The van der Waals surface area contributed by atoms with E-state index in [1.807, 2.05) is 27.7 Å². The van der Waals surface area contributed by atoms with Gasteiger partial charge < -0.3 is 15.1 Å². The van der Waals surface area contributed by atoms with Crippen molar-refractivity contribution in [3.8, 4) is 0 Å². The maximum atomic E-state index is 12.2. The lowest BCUT2D eigenvalue weighted by molar-refractivity contribution is 0.0739. The molecule has 0 atom stereocenters. The average Bonchev–Trinajstić information content (AvgIpc) is 2.56. The van der Waals surface area contributed by atoms with Crippen LogP contribution in [0.1, 0.15) is 35.7 Å². The quantitative estimate of drug-likeness (QED) is 0.872. The highest BCUT2D eigenvalue weighted by Gasteiger charge is 2.23. The minimum absolute atomic E-state index is 0.0131. The molecule has 0 aromatic carbocycles. The molecule has 17 heavy (non-hydrogen) atoms. The number of aryl methyl sites for hydroxylation is 2. The maximum Gasteiger partial charge on any atom is 0.257 e. The second kappa shape index (κ2) is 4.92. The molecule has 4 nitrogen and oxygen atoms in total. The zero-order valence-corrected chi connectivity index (χ0v) is 11.3. The lowest BCUT2D eigenvalue weighted by Crippen LogP contribution is -2.39. The second-order valence-electron chi connectivity index (χ2n) is 5.36. The molecule has 0 radical (unpaired) electrons. The number of nitrogens with two attached hydrogens (primary N) is 1. The Morgan fingerprint density at radius 3 is 2.47 bits per heavy atom. The van der Waals surface area contributed by atoms with Crippen molar-refractivity contribution < 1.29 is 9.21 Å². The van der Waals surface area contributed by atoms with E-state index >= 15 is 0 Å². The smallest absolute Gasteiger partial charge is 0.257 e. The standard InChI is InChI=1S/C13H22N2O2/c1-9-6-11(10(2)17-9)12(16)15(5)8-13(3,4)7-14/h6H,7-8,14H2,1-5H3. The first-order chi connectivity index (χ1) is 7.76. The third-order valence-electron chi connectivity index (χ3n) is 2.84. The molecule has 0 fully saturated rings. The third kappa shape index (κ3) is 3.33. The number of nitrogens with zero attached hydrogens (tertiary/aromatic N) is 1. The highest BCUT2D eigenvalue weighted by atomic mass is 16.3. The topological polar surface area (TPSA) is 59.5 Å². The van der Waals surface area contributed by atoms with E-state index in [0.717, 1.165) is 5.76 Å². The van der Waals surface area contributed by atoms with Crippen molar-refractivity contribution in [2.75, 3.05) is 20.1 Å². The fourth-order valence-corrected chi connectivity index (χ4v) is 1.83. The molecule has 1 heterocycles. The van der Waals surface area contributed by atoms with Gasteiger partial charge in [-0.1, -0.05) is 13.8 Å². The van der Waals surface area contributed by atoms with Gasteiger partial charge in [0.1, 0.15) is 11.5 Å². The highest BCUT2D eigenvalue weighted by molar-refractivity contribution is 5.95. The maximum absolute atomic E-state index is 12.2. The van der Waals surface area contributed by atoms with Crippen LogP contribution < -0.4 is 5.73 Å². The molecule has 0 aliphatic carbocycles. The fraction of sp³-hybridized carbons (Fsp3) is 0.615. The number of furan rings is 1. The van der Waals surface area contributed by atoms with Crippen LogP contribution in [0.2, 0.25) is 0 Å². The Labute approximate surface area is 103 Å². The molecule has 0 aliphatic rings. The van der Waals surface area contributed by atoms with Crippen LogP contribution in [0.4, 0.5) is 0 Å². The van der Waals surface area contributed by atoms with Gasteiger partial charge in [0, 0.05) is 13.6 Å². The molecule has 1 amide bonds. The van der Waals surface area contributed by atoms with Crippen LogP contribution in [0.5, 0.6) is 0 Å². The van der Waals surface area contributed by atoms with E-state index in [0.29, 0.717) is 24.4 Å². The van der Waals surface area contributed by atoms with Crippen molar-refractivity contribution in [1.29, 1.82) is 0 Å². The summed E-state index contributed by atoms with van der Waals surface area (Å²) in [4.78, 5) is 13.9. The number of hydrogen-bond acceptors (Lipinski definition) is 3. The number of hydrogen-bond donors (Lipinski definition) is 1. The predicted octanol–water partition coefficient (Wildman–Crippen LogP) is 1.95.